The molecule has 1 aromatic carbocycles. The lowest BCUT2D eigenvalue weighted by Crippen LogP contribution is -2.24. The molecule has 14 heavy (non-hydrogen) atoms. The highest BCUT2D eigenvalue weighted by Gasteiger charge is 1.91. The van der Waals surface area contributed by atoms with E-state index in [0.29, 0.717) is 5.36 Å². The van der Waals surface area contributed by atoms with E-state index in [0.717, 1.165) is 5.22 Å². The van der Waals surface area contributed by atoms with Crippen molar-refractivity contribution >= 4 is 12.0 Å². The van der Waals surface area contributed by atoms with E-state index in [9.17, 15) is 4.79 Å². The Kier molecular flexibility index (Phi) is 2.36. The Hall–Kier alpha value is -1.96. The maximum Gasteiger partial charge on any atom is 0.270 e. The molecule has 0 saturated heterocycles. The van der Waals surface area contributed by atoms with Crippen LogP contribution in [-0.4, -0.2) is 5.91 Å². The number of para-hydroxylation sites is 1. The molecule has 1 aromatic rings. The van der Waals surface area contributed by atoms with E-state index in [1.807, 2.05) is 42.5 Å². The number of hydrogen-bond donors (Lipinski definition) is 0. The van der Waals surface area contributed by atoms with Crippen LogP contribution in [0.3, 0.4) is 0 Å². The van der Waals surface area contributed by atoms with Crippen LogP contribution >= 0.6 is 0 Å². The Morgan fingerprint density at radius 1 is 1.00 bits per heavy atom. The van der Waals surface area contributed by atoms with Gasteiger partial charge in [0.2, 0.25) is 0 Å². The first-order valence-electron chi connectivity index (χ1n) is 4.39. The molecular weight excluding hydrogens is 174 g/mol. The monoisotopic (exact) mass is 183 g/mol. The van der Waals surface area contributed by atoms with Gasteiger partial charge in [0.15, 0.2) is 0 Å². The third-order valence-corrected chi connectivity index (χ3v) is 1.90. The normalized spacial score (nSPS) is 21.4. The molecule has 68 valence electrons. The molecule has 0 aromatic heterocycles. The molecule has 1 heterocycles. The first-order valence-corrected chi connectivity index (χ1v) is 4.39. The van der Waals surface area contributed by atoms with Gasteiger partial charge in [-0.05, 0) is 6.07 Å². The molecule has 0 aliphatic carbocycles. The fourth-order valence-electron chi connectivity index (χ4n) is 1.25. The number of rotatable bonds is 0. The van der Waals surface area contributed by atoms with Crippen molar-refractivity contribution in [3.8, 4) is 0 Å². The van der Waals surface area contributed by atoms with Crippen molar-refractivity contribution in [2.75, 3.05) is 0 Å². The van der Waals surface area contributed by atoms with E-state index in [4.69, 9.17) is 0 Å². The van der Waals surface area contributed by atoms with Crippen LogP contribution in [0.2, 0.25) is 0 Å². The highest BCUT2D eigenvalue weighted by Crippen LogP contribution is 1.84. The topological polar surface area (TPSA) is 29.4 Å². The Labute approximate surface area is 81.6 Å². The zero-order valence-corrected chi connectivity index (χ0v) is 7.55. The molecule has 2 nitrogen and oxygen atoms in total. The highest BCUT2D eigenvalue weighted by molar-refractivity contribution is 5.88. The van der Waals surface area contributed by atoms with E-state index >= 15 is 0 Å². The highest BCUT2D eigenvalue weighted by atomic mass is 16.1. The quantitative estimate of drug-likeness (QED) is 0.583. The lowest BCUT2D eigenvalue weighted by molar-refractivity contribution is -0.113. The average molecular weight is 183 g/mol. The predicted molar refractivity (Wildman–Crippen MR) is 55.0 cm³/mol. The molecule has 0 spiro atoms. The van der Waals surface area contributed by atoms with E-state index in [1.54, 1.807) is 6.08 Å². The van der Waals surface area contributed by atoms with Gasteiger partial charge in [-0.15, -0.1) is 0 Å². The molecule has 0 saturated carbocycles. The maximum atomic E-state index is 11.3. The standard InChI is InChI=1S/C12H9NO/c14-12-9-3-1-2-6-10-7-4-5-8-11(10)13-12/h1-9H/b2-1-,9-3-,10-6-,13-11?. The SMILES string of the molecule is O=C1\C=C/C=C\C=c2\ccccc2=N1. The van der Waals surface area contributed by atoms with Gasteiger partial charge >= 0.3 is 0 Å². The minimum absolute atomic E-state index is 0.225. The fraction of sp³-hybridized carbons (Fsp3) is 0. The van der Waals surface area contributed by atoms with Gasteiger partial charge in [-0.2, -0.15) is 0 Å². The van der Waals surface area contributed by atoms with Gasteiger partial charge in [-0.25, -0.2) is 4.99 Å². The summed E-state index contributed by atoms with van der Waals surface area (Å²) in [5, 5.41) is 1.68. The first kappa shape index (κ1) is 8.63. The fourth-order valence-corrected chi connectivity index (χ4v) is 1.25. The van der Waals surface area contributed by atoms with Crippen LogP contribution in [0.4, 0.5) is 0 Å². The Morgan fingerprint density at radius 3 is 2.79 bits per heavy atom. The van der Waals surface area contributed by atoms with Crippen LogP contribution in [-0.2, 0) is 4.79 Å². The van der Waals surface area contributed by atoms with Gasteiger partial charge in [0.05, 0.1) is 5.36 Å². The number of amides is 1. The summed E-state index contributed by atoms with van der Waals surface area (Å²) < 4.78 is 0. The summed E-state index contributed by atoms with van der Waals surface area (Å²) in [6, 6.07) is 7.56. The number of allylic oxidation sites excluding steroid dienone is 3. The molecule has 1 aliphatic rings. The molecule has 2 rings (SSSR count). The molecule has 0 N–H and O–H groups in total. The maximum absolute atomic E-state index is 11.3. The average Bonchev–Trinajstić information content (AvgIpc) is 2.27. The minimum atomic E-state index is -0.225. The largest absolute Gasteiger partial charge is 0.270 e. The Bertz CT molecular complexity index is 523. The van der Waals surface area contributed by atoms with Crippen LogP contribution in [0.25, 0.3) is 6.08 Å². The van der Waals surface area contributed by atoms with Gasteiger partial charge in [0, 0.05) is 11.3 Å². The lowest BCUT2D eigenvalue weighted by Gasteiger charge is -1.86. The van der Waals surface area contributed by atoms with Gasteiger partial charge in [0.1, 0.15) is 0 Å². The summed E-state index contributed by atoms with van der Waals surface area (Å²) in [5.74, 6) is -0.225. The second kappa shape index (κ2) is 3.83. The van der Waals surface area contributed by atoms with Crippen molar-refractivity contribution < 1.29 is 4.79 Å². The third-order valence-electron chi connectivity index (χ3n) is 1.90. The summed E-state index contributed by atoms with van der Waals surface area (Å²) in [4.78, 5) is 15.2. The summed E-state index contributed by atoms with van der Waals surface area (Å²) in [6.07, 6.45) is 8.78. The summed E-state index contributed by atoms with van der Waals surface area (Å²) >= 11 is 0. The number of hydrogen-bond acceptors (Lipinski definition) is 1. The molecule has 0 unspecified atom stereocenters. The number of carbonyl (C=O) groups excluding carboxylic acids is 1. The summed E-state index contributed by atoms with van der Waals surface area (Å²) in [5.41, 5.74) is 0. The first-order chi connectivity index (χ1) is 6.86. The van der Waals surface area contributed by atoms with E-state index in [2.05, 4.69) is 4.99 Å². The smallest absolute Gasteiger partial charge is 0.267 e. The molecule has 0 bridgehead atoms. The van der Waals surface area contributed by atoms with E-state index in [1.165, 1.54) is 6.08 Å². The molecule has 0 atom stereocenters. The van der Waals surface area contributed by atoms with Gasteiger partial charge < -0.3 is 0 Å². The molecular formula is C12H9NO. The van der Waals surface area contributed by atoms with Crippen molar-refractivity contribution in [1.82, 2.24) is 0 Å². The van der Waals surface area contributed by atoms with Gasteiger partial charge in [-0.1, -0.05) is 42.5 Å². The molecule has 1 aliphatic heterocycles. The minimum Gasteiger partial charge on any atom is -0.267 e. The van der Waals surface area contributed by atoms with Gasteiger partial charge in [-0.3, -0.25) is 4.79 Å². The van der Waals surface area contributed by atoms with Crippen LogP contribution in [0.1, 0.15) is 0 Å². The second-order valence-electron chi connectivity index (χ2n) is 2.92. The van der Waals surface area contributed by atoms with Crippen LogP contribution in [0.15, 0.2) is 53.6 Å². The number of fused-ring (bicyclic) bond motifs is 1. The van der Waals surface area contributed by atoms with Crippen LogP contribution < -0.4 is 10.6 Å². The summed E-state index contributed by atoms with van der Waals surface area (Å²) in [7, 11) is 0. The number of carbonyl (C=O) groups is 1. The van der Waals surface area contributed by atoms with Crippen LogP contribution in [0.5, 0.6) is 0 Å². The number of benzene rings is 1. The molecule has 1 amide bonds. The zero-order chi connectivity index (χ0) is 9.80. The molecule has 0 radical (unpaired) electrons. The van der Waals surface area contributed by atoms with E-state index in [-0.39, 0.29) is 5.91 Å². The van der Waals surface area contributed by atoms with Crippen molar-refractivity contribution in [2.45, 2.75) is 0 Å². The third kappa shape index (κ3) is 1.85. The Balaban J connectivity index is 2.76. The van der Waals surface area contributed by atoms with Crippen molar-refractivity contribution in [3.63, 3.8) is 0 Å². The van der Waals surface area contributed by atoms with Crippen molar-refractivity contribution in [2.24, 2.45) is 4.99 Å². The zero-order valence-electron chi connectivity index (χ0n) is 7.55. The predicted octanol–water partition coefficient (Wildman–Crippen LogP) is 0.739. The van der Waals surface area contributed by atoms with Crippen molar-refractivity contribution in [1.29, 1.82) is 0 Å². The van der Waals surface area contributed by atoms with Crippen molar-refractivity contribution in [3.05, 3.63) is 59.1 Å². The van der Waals surface area contributed by atoms with Gasteiger partial charge in [0.25, 0.3) is 5.91 Å². The molecule has 0 fully saturated rings. The van der Waals surface area contributed by atoms with E-state index < -0.39 is 0 Å². The lowest BCUT2D eigenvalue weighted by atomic mass is 10.2. The van der Waals surface area contributed by atoms with Crippen LogP contribution in [0, 0.1) is 0 Å². The summed E-state index contributed by atoms with van der Waals surface area (Å²) in [6.45, 7) is 0. The Morgan fingerprint density at radius 2 is 1.86 bits per heavy atom. The molecule has 2 heteroatoms. The second-order valence-corrected chi connectivity index (χ2v) is 2.92. The number of nitrogens with zero attached hydrogens (tertiary/aromatic N) is 1.